The van der Waals surface area contributed by atoms with E-state index in [0.717, 1.165) is 6.07 Å². The second kappa shape index (κ2) is 7.18. The van der Waals surface area contributed by atoms with Crippen LogP contribution in [0.3, 0.4) is 0 Å². The number of aliphatic hydroxyl groups is 1. The van der Waals surface area contributed by atoms with Crippen molar-refractivity contribution >= 4 is 34.0 Å². The summed E-state index contributed by atoms with van der Waals surface area (Å²) >= 11 is 6.80. The number of aliphatic hydroxyl groups excluding tert-OH is 1. The Morgan fingerprint density at radius 3 is 3.05 bits per heavy atom. The molecule has 0 aliphatic carbocycles. The van der Waals surface area contributed by atoms with Crippen molar-refractivity contribution in [2.75, 3.05) is 11.9 Å². The minimum atomic E-state index is -0.695. The van der Waals surface area contributed by atoms with Crippen LogP contribution in [0, 0.1) is 17.7 Å². The average molecular weight is 325 g/mol. The Bertz CT molecular complexity index is 721. The van der Waals surface area contributed by atoms with Crippen molar-refractivity contribution in [2.45, 2.75) is 6.42 Å². The number of carbonyl (C=O) groups excluding carboxylic acids is 1. The zero-order valence-corrected chi connectivity index (χ0v) is 12.3. The first-order valence-electron chi connectivity index (χ1n) is 5.92. The van der Waals surface area contributed by atoms with Crippen LogP contribution in [-0.2, 0) is 0 Å². The standard InChI is InChI=1S/C14H10ClFN2O2S/c15-9-4-5-11(12(16)7-9)13(20)18-14-17-8-10(21-14)3-1-2-6-19/h4-5,7-8,19H,2,6H2,(H,17,18,20). The van der Waals surface area contributed by atoms with Gasteiger partial charge in [-0.05, 0) is 18.2 Å². The van der Waals surface area contributed by atoms with Crippen LogP contribution in [0.4, 0.5) is 9.52 Å². The third kappa shape index (κ3) is 4.26. The molecular formula is C14H10ClFN2O2S. The summed E-state index contributed by atoms with van der Waals surface area (Å²) < 4.78 is 13.6. The fourth-order valence-electron chi connectivity index (χ4n) is 1.43. The molecule has 2 N–H and O–H groups in total. The molecule has 1 amide bonds. The quantitative estimate of drug-likeness (QED) is 0.853. The van der Waals surface area contributed by atoms with Gasteiger partial charge in [-0.1, -0.05) is 34.8 Å². The van der Waals surface area contributed by atoms with Gasteiger partial charge in [-0.25, -0.2) is 9.37 Å². The summed E-state index contributed by atoms with van der Waals surface area (Å²) in [6, 6.07) is 3.82. The van der Waals surface area contributed by atoms with Gasteiger partial charge in [0, 0.05) is 11.4 Å². The highest BCUT2D eigenvalue weighted by molar-refractivity contribution is 7.16. The molecule has 0 aliphatic heterocycles. The van der Waals surface area contributed by atoms with Crippen LogP contribution in [-0.4, -0.2) is 22.6 Å². The van der Waals surface area contributed by atoms with Crippen molar-refractivity contribution in [3.05, 3.63) is 45.7 Å². The molecule has 108 valence electrons. The highest BCUT2D eigenvalue weighted by Crippen LogP contribution is 2.20. The summed E-state index contributed by atoms with van der Waals surface area (Å²) in [7, 11) is 0. The lowest BCUT2D eigenvalue weighted by Crippen LogP contribution is -2.13. The van der Waals surface area contributed by atoms with Crippen LogP contribution in [0.1, 0.15) is 21.7 Å². The minimum absolute atomic E-state index is 0.00869. The Balaban J connectivity index is 2.08. The predicted molar refractivity (Wildman–Crippen MR) is 80.1 cm³/mol. The van der Waals surface area contributed by atoms with Gasteiger partial charge in [-0.15, -0.1) is 0 Å². The number of benzene rings is 1. The van der Waals surface area contributed by atoms with Crippen LogP contribution >= 0.6 is 22.9 Å². The van der Waals surface area contributed by atoms with Gasteiger partial charge in [0.15, 0.2) is 5.13 Å². The normalized spacial score (nSPS) is 9.86. The van der Waals surface area contributed by atoms with Crippen LogP contribution in [0.25, 0.3) is 0 Å². The molecule has 1 aromatic carbocycles. The first-order chi connectivity index (χ1) is 10.1. The number of hydrogen-bond acceptors (Lipinski definition) is 4. The number of nitrogens with zero attached hydrogens (tertiary/aromatic N) is 1. The fraction of sp³-hybridized carbons (Fsp3) is 0.143. The van der Waals surface area contributed by atoms with E-state index in [9.17, 15) is 9.18 Å². The van der Waals surface area contributed by atoms with E-state index in [4.69, 9.17) is 16.7 Å². The van der Waals surface area contributed by atoms with Crippen molar-refractivity contribution in [2.24, 2.45) is 0 Å². The van der Waals surface area contributed by atoms with Gasteiger partial charge in [-0.2, -0.15) is 0 Å². The number of anilines is 1. The van der Waals surface area contributed by atoms with E-state index < -0.39 is 11.7 Å². The Morgan fingerprint density at radius 2 is 2.33 bits per heavy atom. The number of amides is 1. The summed E-state index contributed by atoms with van der Waals surface area (Å²) in [5.41, 5.74) is -0.109. The van der Waals surface area contributed by atoms with Crippen molar-refractivity contribution in [3.8, 4) is 11.8 Å². The number of hydrogen-bond donors (Lipinski definition) is 2. The summed E-state index contributed by atoms with van der Waals surface area (Å²) in [5, 5.41) is 11.7. The maximum atomic E-state index is 13.6. The molecule has 1 heterocycles. The van der Waals surface area contributed by atoms with Gasteiger partial charge in [0.2, 0.25) is 0 Å². The number of rotatable bonds is 3. The predicted octanol–water partition coefficient (Wildman–Crippen LogP) is 2.92. The number of nitrogens with one attached hydrogen (secondary N) is 1. The van der Waals surface area contributed by atoms with E-state index in [1.807, 2.05) is 0 Å². The Kier molecular flexibility index (Phi) is 5.28. The number of thiazole rings is 1. The van der Waals surface area contributed by atoms with Crippen LogP contribution in [0.2, 0.25) is 5.02 Å². The van der Waals surface area contributed by atoms with Gasteiger partial charge in [0.25, 0.3) is 5.91 Å². The summed E-state index contributed by atoms with van der Waals surface area (Å²) in [5.74, 6) is 4.25. The second-order valence-electron chi connectivity index (χ2n) is 3.88. The Labute approximate surface area is 129 Å². The van der Waals surface area contributed by atoms with Crippen molar-refractivity contribution in [1.82, 2.24) is 4.98 Å². The zero-order valence-electron chi connectivity index (χ0n) is 10.7. The molecule has 2 rings (SSSR count). The largest absolute Gasteiger partial charge is 0.395 e. The molecule has 0 radical (unpaired) electrons. The molecule has 1 aromatic heterocycles. The van der Waals surface area contributed by atoms with Gasteiger partial charge in [0.1, 0.15) is 5.82 Å². The molecule has 0 bridgehead atoms. The molecule has 0 unspecified atom stereocenters. The molecule has 0 spiro atoms. The lowest BCUT2D eigenvalue weighted by molar-refractivity contribution is 0.102. The van der Waals surface area contributed by atoms with Gasteiger partial charge < -0.3 is 5.11 Å². The first kappa shape index (κ1) is 15.4. The molecule has 0 saturated heterocycles. The van der Waals surface area contributed by atoms with Crippen molar-refractivity contribution in [1.29, 1.82) is 0 Å². The maximum absolute atomic E-state index is 13.6. The van der Waals surface area contributed by atoms with Gasteiger partial charge >= 0.3 is 0 Å². The summed E-state index contributed by atoms with van der Waals surface area (Å²) in [6.45, 7) is -0.00869. The molecule has 0 saturated carbocycles. The fourth-order valence-corrected chi connectivity index (χ4v) is 2.28. The van der Waals surface area contributed by atoms with Gasteiger partial charge in [-0.3, -0.25) is 10.1 Å². The van der Waals surface area contributed by atoms with E-state index in [0.29, 0.717) is 16.4 Å². The summed E-state index contributed by atoms with van der Waals surface area (Å²) in [6.07, 6.45) is 1.87. The third-order valence-electron chi connectivity index (χ3n) is 2.35. The highest BCUT2D eigenvalue weighted by Gasteiger charge is 2.13. The second-order valence-corrected chi connectivity index (χ2v) is 5.35. The lowest BCUT2D eigenvalue weighted by atomic mass is 10.2. The number of carbonyl (C=O) groups is 1. The van der Waals surface area contributed by atoms with E-state index in [1.54, 1.807) is 0 Å². The summed E-state index contributed by atoms with van der Waals surface area (Å²) in [4.78, 5) is 16.5. The van der Waals surface area contributed by atoms with Crippen molar-refractivity contribution < 1.29 is 14.3 Å². The molecule has 7 heteroatoms. The number of halogens is 2. The van der Waals surface area contributed by atoms with E-state index >= 15 is 0 Å². The average Bonchev–Trinajstić information content (AvgIpc) is 2.86. The Morgan fingerprint density at radius 1 is 1.52 bits per heavy atom. The number of aromatic nitrogens is 1. The van der Waals surface area contributed by atoms with E-state index in [1.165, 1.54) is 29.7 Å². The maximum Gasteiger partial charge on any atom is 0.260 e. The molecular weight excluding hydrogens is 315 g/mol. The highest BCUT2D eigenvalue weighted by atomic mass is 35.5. The van der Waals surface area contributed by atoms with E-state index in [-0.39, 0.29) is 17.2 Å². The monoisotopic (exact) mass is 324 g/mol. The molecule has 0 fully saturated rings. The van der Waals surface area contributed by atoms with Crippen LogP contribution in [0.5, 0.6) is 0 Å². The molecule has 4 nitrogen and oxygen atoms in total. The zero-order chi connectivity index (χ0) is 15.2. The lowest BCUT2D eigenvalue weighted by Gasteiger charge is -2.03. The minimum Gasteiger partial charge on any atom is -0.395 e. The van der Waals surface area contributed by atoms with Crippen LogP contribution < -0.4 is 5.32 Å². The van der Waals surface area contributed by atoms with Crippen molar-refractivity contribution in [3.63, 3.8) is 0 Å². The smallest absolute Gasteiger partial charge is 0.260 e. The molecule has 0 aliphatic rings. The Hall–Kier alpha value is -1.94. The molecule has 21 heavy (non-hydrogen) atoms. The SMILES string of the molecule is O=C(Nc1ncc(C#CCCO)s1)c1ccc(Cl)cc1F. The third-order valence-corrected chi connectivity index (χ3v) is 3.41. The molecule has 2 aromatic rings. The molecule has 0 atom stereocenters. The topological polar surface area (TPSA) is 62.2 Å². The first-order valence-corrected chi connectivity index (χ1v) is 7.11. The van der Waals surface area contributed by atoms with Crippen LogP contribution in [0.15, 0.2) is 24.4 Å². The van der Waals surface area contributed by atoms with Gasteiger partial charge in [0.05, 0.1) is 23.2 Å². The van der Waals surface area contributed by atoms with E-state index in [2.05, 4.69) is 22.1 Å².